The predicted molar refractivity (Wildman–Crippen MR) is 102 cm³/mol. The SMILES string of the molecule is C=CCn1c(SCC(=O)Nc2c(C)nn(C)c2C)nc2ccccc21. The molecule has 1 aromatic carbocycles. The highest BCUT2D eigenvalue weighted by Crippen LogP contribution is 2.25. The van der Waals surface area contributed by atoms with Crippen LogP contribution in [0.2, 0.25) is 0 Å². The first kappa shape index (κ1) is 17.3. The van der Waals surface area contributed by atoms with Gasteiger partial charge in [0.2, 0.25) is 5.91 Å². The van der Waals surface area contributed by atoms with Crippen molar-refractivity contribution in [3.05, 3.63) is 48.3 Å². The van der Waals surface area contributed by atoms with E-state index >= 15 is 0 Å². The zero-order chi connectivity index (χ0) is 18.0. The molecule has 25 heavy (non-hydrogen) atoms. The number of amides is 1. The van der Waals surface area contributed by atoms with Crippen LogP contribution in [0.25, 0.3) is 11.0 Å². The fourth-order valence-corrected chi connectivity index (χ4v) is 3.55. The van der Waals surface area contributed by atoms with Gasteiger partial charge in [0, 0.05) is 13.6 Å². The van der Waals surface area contributed by atoms with Gasteiger partial charge in [0.15, 0.2) is 5.16 Å². The van der Waals surface area contributed by atoms with Crippen molar-refractivity contribution in [1.82, 2.24) is 19.3 Å². The maximum absolute atomic E-state index is 12.4. The highest BCUT2D eigenvalue weighted by molar-refractivity contribution is 7.99. The van der Waals surface area contributed by atoms with Crippen LogP contribution in [0.5, 0.6) is 0 Å². The predicted octanol–water partition coefficient (Wildman–Crippen LogP) is 3.30. The Balaban J connectivity index is 1.75. The summed E-state index contributed by atoms with van der Waals surface area (Å²) >= 11 is 1.42. The summed E-state index contributed by atoms with van der Waals surface area (Å²) in [5.74, 6) is 0.218. The lowest BCUT2D eigenvalue weighted by Crippen LogP contribution is -2.15. The second-order valence-electron chi connectivity index (χ2n) is 5.79. The molecule has 0 bridgehead atoms. The number of aromatic nitrogens is 4. The van der Waals surface area contributed by atoms with Gasteiger partial charge in [0.1, 0.15) is 0 Å². The molecule has 0 unspecified atom stereocenters. The number of nitrogens with one attached hydrogen (secondary N) is 1. The molecule has 2 aromatic heterocycles. The van der Waals surface area contributed by atoms with E-state index in [1.807, 2.05) is 51.2 Å². The lowest BCUT2D eigenvalue weighted by Gasteiger charge is -2.07. The van der Waals surface area contributed by atoms with Gasteiger partial charge in [0.25, 0.3) is 0 Å². The van der Waals surface area contributed by atoms with Crippen molar-refractivity contribution in [1.29, 1.82) is 0 Å². The average Bonchev–Trinajstić information content (AvgIpc) is 3.06. The van der Waals surface area contributed by atoms with E-state index < -0.39 is 0 Å². The van der Waals surface area contributed by atoms with E-state index in [9.17, 15) is 4.79 Å². The molecule has 0 radical (unpaired) electrons. The molecule has 0 fully saturated rings. The number of hydrogen-bond donors (Lipinski definition) is 1. The number of aryl methyl sites for hydroxylation is 2. The minimum absolute atomic E-state index is 0.0681. The minimum atomic E-state index is -0.0681. The van der Waals surface area contributed by atoms with Gasteiger partial charge in [-0.3, -0.25) is 9.48 Å². The third-order valence-electron chi connectivity index (χ3n) is 4.04. The summed E-state index contributed by atoms with van der Waals surface area (Å²) in [5.41, 5.74) is 4.51. The van der Waals surface area contributed by atoms with Crippen LogP contribution >= 0.6 is 11.8 Å². The fraction of sp³-hybridized carbons (Fsp3) is 0.278. The van der Waals surface area contributed by atoms with Gasteiger partial charge in [-0.1, -0.05) is 30.0 Å². The molecule has 6 nitrogen and oxygen atoms in total. The molecule has 0 aliphatic carbocycles. The normalized spacial score (nSPS) is 11.0. The van der Waals surface area contributed by atoms with Gasteiger partial charge >= 0.3 is 0 Å². The number of carbonyl (C=O) groups is 1. The number of rotatable bonds is 6. The molecule has 3 rings (SSSR count). The van der Waals surface area contributed by atoms with E-state index in [1.165, 1.54) is 11.8 Å². The summed E-state index contributed by atoms with van der Waals surface area (Å²) in [6, 6.07) is 7.95. The second kappa shape index (κ2) is 7.14. The summed E-state index contributed by atoms with van der Waals surface area (Å²) < 4.78 is 3.84. The third-order valence-corrected chi connectivity index (χ3v) is 5.01. The molecule has 0 aliphatic heterocycles. The standard InChI is InChI=1S/C18H21N5OS/c1-5-10-23-15-9-7-6-8-14(15)19-18(23)25-11-16(24)20-17-12(2)21-22(4)13(17)3/h5-9H,1,10-11H2,2-4H3,(H,20,24). The molecular formula is C18H21N5OS. The van der Waals surface area contributed by atoms with Crippen LogP contribution in [0.1, 0.15) is 11.4 Å². The molecule has 1 amide bonds. The first-order chi connectivity index (χ1) is 12.0. The number of nitrogens with zero attached hydrogens (tertiary/aromatic N) is 4. The zero-order valence-electron chi connectivity index (χ0n) is 14.6. The molecule has 7 heteroatoms. The Kier molecular flexibility index (Phi) is 4.94. The molecule has 0 spiro atoms. The van der Waals surface area contributed by atoms with Crippen molar-refractivity contribution in [3.63, 3.8) is 0 Å². The van der Waals surface area contributed by atoms with E-state index in [1.54, 1.807) is 4.68 Å². The molecule has 130 valence electrons. The van der Waals surface area contributed by atoms with Crippen molar-refractivity contribution in [2.75, 3.05) is 11.1 Å². The highest BCUT2D eigenvalue weighted by Gasteiger charge is 2.15. The smallest absolute Gasteiger partial charge is 0.234 e. The van der Waals surface area contributed by atoms with Crippen molar-refractivity contribution < 1.29 is 4.79 Å². The summed E-state index contributed by atoms with van der Waals surface area (Å²) in [4.78, 5) is 17.0. The number of hydrogen-bond acceptors (Lipinski definition) is 4. The quantitative estimate of drug-likeness (QED) is 0.544. The van der Waals surface area contributed by atoms with Crippen LogP contribution < -0.4 is 5.32 Å². The molecule has 0 aliphatic rings. The van der Waals surface area contributed by atoms with Crippen LogP contribution in [0.4, 0.5) is 5.69 Å². The van der Waals surface area contributed by atoms with Gasteiger partial charge in [0.05, 0.1) is 33.9 Å². The summed E-state index contributed by atoms with van der Waals surface area (Å²) in [6.45, 7) is 8.29. The first-order valence-corrected chi connectivity index (χ1v) is 8.99. The molecule has 0 atom stereocenters. The fourth-order valence-electron chi connectivity index (χ4n) is 2.73. The van der Waals surface area contributed by atoms with E-state index in [2.05, 4.69) is 26.5 Å². The van der Waals surface area contributed by atoms with Crippen molar-refractivity contribution in [2.24, 2.45) is 7.05 Å². The van der Waals surface area contributed by atoms with E-state index in [4.69, 9.17) is 0 Å². The topological polar surface area (TPSA) is 64.7 Å². The van der Waals surface area contributed by atoms with E-state index in [-0.39, 0.29) is 11.7 Å². The molecule has 0 saturated heterocycles. The molecule has 0 saturated carbocycles. The number of para-hydroxylation sites is 2. The number of allylic oxidation sites excluding steroid dienone is 1. The Morgan fingerprint density at radius 3 is 2.80 bits per heavy atom. The Hall–Kier alpha value is -2.54. The Labute approximate surface area is 150 Å². The lowest BCUT2D eigenvalue weighted by atomic mass is 10.3. The monoisotopic (exact) mass is 355 g/mol. The maximum atomic E-state index is 12.4. The number of imidazole rings is 1. The first-order valence-electron chi connectivity index (χ1n) is 8.00. The van der Waals surface area contributed by atoms with Crippen molar-refractivity contribution in [3.8, 4) is 0 Å². The molecule has 2 heterocycles. The highest BCUT2D eigenvalue weighted by atomic mass is 32.2. The zero-order valence-corrected chi connectivity index (χ0v) is 15.4. The van der Waals surface area contributed by atoms with Gasteiger partial charge in [-0.2, -0.15) is 5.10 Å². The third kappa shape index (κ3) is 3.46. The Morgan fingerprint density at radius 2 is 2.12 bits per heavy atom. The van der Waals surface area contributed by atoms with E-state index in [0.717, 1.165) is 33.3 Å². The number of fused-ring (bicyclic) bond motifs is 1. The molecule has 3 aromatic rings. The van der Waals surface area contributed by atoms with E-state index in [0.29, 0.717) is 6.54 Å². The van der Waals surface area contributed by atoms with Gasteiger partial charge in [-0.15, -0.1) is 6.58 Å². The summed E-state index contributed by atoms with van der Waals surface area (Å²) in [5, 5.41) is 8.09. The van der Waals surface area contributed by atoms with Crippen LogP contribution in [0.15, 0.2) is 42.1 Å². The number of carbonyl (C=O) groups excluding carboxylic acids is 1. The van der Waals surface area contributed by atoms with Crippen molar-refractivity contribution in [2.45, 2.75) is 25.5 Å². The van der Waals surface area contributed by atoms with Gasteiger partial charge in [-0.05, 0) is 26.0 Å². The largest absolute Gasteiger partial charge is 0.322 e. The maximum Gasteiger partial charge on any atom is 0.234 e. The van der Waals surface area contributed by atoms with Crippen LogP contribution in [-0.2, 0) is 18.4 Å². The minimum Gasteiger partial charge on any atom is -0.322 e. The molecular weight excluding hydrogens is 334 g/mol. The lowest BCUT2D eigenvalue weighted by molar-refractivity contribution is -0.113. The average molecular weight is 355 g/mol. The summed E-state index contributed by atoms with van der Waals surface area (Å²) in [6.07, 6.45) is 1.83. The van der Waals surface area contributed by atoms with Gasteiger partial charge < -0.3 is 9.88 Å². The summed E-state index contributed by atoms with van der Waals surface area (Å²) in [7, 11) is 1.87. The molecule has 1 N–H and O–H groups in total. The number of benzene rings is 1. The Morgan fingerprint density at radius 1 is 1.36 bits per heavy atom. The van der Waals surface area contributed by atoms with Crippen LogP contribution in [0, 0.1) is 13.8 Å². The number of thioether (sulfide) groups is 1. The van der Waals surface area contributed by atoms with Crippen LogP contribution in [0.3, 0.4) is 0 Å². The Bertz CT molecular complexity index is 940. The second-order valence-corrected chi connectivity index (χ2v) is 6.73. The number of anilines is 1. The van der Waals surface area contributed by atoms with Crippen LogP contribution in [-0.4, -0.2) is 31.0 Å². The van der Waals surface area contributed by atoms with Gasteiger partial charge in [-0.25, -0.2) is 4.98 Å². The van der Waals surface area contributed by atoms with Crippen molar-refractivity contribution >= 4 is 34.4 Å².